The number of esters is 1. The minimum Gasteiger partial charge on any atom is -0.478 e. The zero-order valence-electron chi connectivity index (χ0n) is 11.8. The van der Waals surface area contributed by atoms with Crippen molar-refractivity contribution in [1.82, 2.24) is 0 Å². The Morgan fingerprint density at radius 3 is 2.37 bits per heavy atom. The highest BCUT2D eigenvalue weighted by Crippen LogP contribution is 2.15. The van der Waals surface area contributed by atoms with Crippen molar-refractivity contribution in [3.63, 3.8) is 0 Å². The molecule has 0 saturated heterocycles. The molecule has 0 unspecified atom stereocenters. The lowest BCUT2D eigenvalue weighted by Gasteiger charge is -2.19. The van der Waals surface area contributed by atoms with Gasteiger partial charge in [-0.1, -0.05) is 6.07 Å². The third-order valence-electron chi connectivity index (χ3n) is 2.61. The summed E-state index contributed by atoms with van der Waals surface area (Å²) in [5.74, 6) is -1.18. The van der Waals surface area contributed by atoms with Crippen LogP contribution in [0.15, 0.2) is 18.2 Å². The van der Waals surface area contributed by atoms with E-state index in [1.807, 2.05) is 27.7 Å². The van der Waals surface area contributed by atoms with Gasteiger partial charge in [0, 0.05) is 6.42 Å². The molecular formula is C15H20O4. The van der Waals surface area contributed by atoms with Gasteiger partial charge >= 0.3 is 11.9 Å². The highest BCUT2D eigenvalue weighted by atomic mass is 16.6. The molecule has 104 valence electrons. The van der Waals surface area contributed by atoms with Crippen LogP contribution in [0.3, 0.4) is 0 Å². The Bertz CT molecular complexity index is 483. The van der Waals surface area contributed by atoms with Crippen LogP contribution in [0.4, 0.5) is 0 Å². The number of carbonyl (C=O) groups is 2. The summed E-state index contributed by atoms with van der Waals surface area (Å²) in [6, 6.07) is 4.93. The van der Waals surface area contributed by atoms with Crippen molar-refractivity contribution < 1.29 is 19.4 Å². The third-order valence-corrected chi connectivity index (χ3v) is 2.61. The fourth-order valence-electron chi connectivity index (χ4n) is 1.74. The van der Waals surface area contributed by atoms with Gasteiger partial charge in [0.1, 0.15) is 5.60 Å². The standard InChI is InChI=1S/C15H20O4/c1-10-9-12(14(17)18)6-5-11(10)7-8-13(16)19-15(2,3)4/h5-6,9H,7-8H2,1-4H3,(H,17,18). The minimum atomic E-state index is -0.943. The number of carboxylic acids is 1. The molecule has 0 aliphatic carbocycles. The van der Waals surface area contributed by atoms with Crippen LogP contribution in [0.5, 0.6) is 0 Å². The summed E-state index contributed by atoms with van der Waals surface area (Å²) in [6.07, 6.45) is 0.852. The average molecular weight is 264 g/mol. The Kier molecular flexibility index (Phi) is 4.70. The summed E-state index contributed by atoms with van der Waals surface area (Å²) in [6.45, 7) is 7.34. The summed E-state index contributed by atoms with van der Waals surface area (Å²) in [7, 11) is 0. The number of aryl methyl sites for hydroxylation is 2. The molecule has 0 aromatic heterocycles. The monoisotopic (exact) mass is 264 g/mol. The summed E-state index contributed by atoms with van der Waals surface area (Å²) in [4.78, 5) is 22.4. The van der Waals surface area contributed by atoms with E-state index in [0.29, 0.717) is 12.8 Å². The van der Waals surface area contributed by atoms with Gasteiger partial charge < -0.3 is 9.84 Å². The molecule has 0 aliphatic rings. The van der Waals surface area contributed by atoms with Crippen molar-refractivity contribution >= 4 is 11.9 Å². The quantitative estimate of drug-likeness (QED) is 0.849. The van der Waals surface area contributed by atoms with E-state index in [1.165, 1.54) is 0 Å². The van der Waals surface area contributed by atoms with Crippen molar-refractivity contribution in [2.75, 3.05) is 0 Å². The Morgan fingerprint density at radius 2 is 1.89 bits per heavy atom. The summed E-state index contributed by atoms with van der Waals surface area (Å²) >= 11 is 0. The van der Waals surface area contributed by atoms with E-state index in [2.05, 4.69) is 0 Å². The molecule has 1 N–H and O–H groups in total. The van der Waals surface area contributed by atoms with Gasteiger partial charge in [-0.3, -0.25) is 4.79 Å². The van der Waals surface area contributed by atoms with Crippen LogP contribution in [-0.4, -0.2) is 22.6 Å². The molecule has 0 radical (unpaired) electrons. The fourth-order valence-corrected chi connectivity index (χ4v) is 1.74. The normalized spacial score (nSPS) is 11.2. The molecular weight excluding hydrogens is 244 g/mol. The van der Waals surface area contributed by atoms with E-state index < -0.39 is 11.6 Å². The second-order valence-corrected chi connectivity index (χ2v) is 5.53. The van der Waals surface area contributed by atoms with Crippen molar-refractivity contribution in [3.8, 4) is 0 Å². The number of aromatic carboxylic acids is 1. The predicted octanol–water partition coefficient (Wildman–Crippen LogP) is 2.97. The molecule has 0 heterocycles. The predicted molar refractivity (Wildman–Crippen MR) is 72.3 cm³/mol. The molecule has 0 aliphatic heterocycles. The average Bonchev–Trinajstić information content (AvgIpc) is 2.24. The zero-order valence-corrected chi connectivity index (χ0v) is 11.8. The van der Waals surface area contributed by atoms with Gasteiger partial charge in [0.05, 0.1) is 5.56 Å². The van der Waals surface area contributed by atoms with E-state index in [4.69, 9.17) is 9.84 Å². The number of ether oxygens (including phenoxy) is 1. The van der Waals surface area contributed by atoms with Crippen LogP contribution in [0.25, 0.3) is 0 Å². The summed E-state index contributed by atoms with van der Waals surface area (Å²) < 4.78 is 5.23. The number of hydrogen-bond acceptors (Lipinski definition) is 3. The van der Waals surface area contributed by atoms with Gasteiger partial charge in [-0.05, 0) is 57.4 Å². The molecule has 1 aromatic rings. The molecule has 19 heavy (non-hydrogen) atoms. The zero-order chi connectivity index (χ0) is 14.6. The third kappa shape index (κ3) is 5.12. The maximum Gasteiger partial charge on any atom is 0.335 e. The van der Waals surface area contributed by atoms with E-state index in [-0.39, 0.29) is 11.5 Å². The van der Waals surface area contributed by atoms with Gasteiger partial charge in [-0.2, -0.15) is 0 Å². The molecule has 1 aromatic carbocycles. The van der Waals surface area contributed by atoms with Crippen LogP contribution in [-0.2, 0) is 16.0 Å². The fraction of sp³-hybridized carbons (Fsp3) is 0.467. The van der Waals surface area contributed by atoms with Gasteiger partial charge in [0.25, 0.3) is 0 Å². The van der Waals surface area contributed by atoms with Crippen molar-refractivity contribution in [2.45, 2.75) is 46.1 Å². The first-order chi connectivity index (χ1) is 8.69. The van der Waals surface area contributed by atoms with E-state index in [1.54, 1.807) is 18.2 Å². The van der Waals surface area contributed by atoms with Crippen molar-refractivity contribution in [2.24, 2.45) is 0 Å². The SMILES string of the molecule is Cc1cc(C(=O)O)ccc1CCC(=O)OC(C)(C)C. The molecule has 0 saturated carbocycles. The molecule has 0 amide bonds. The molecule has 0 fully saturated rings. The van der Waals surface area contributed by atoms with Crippen LogP contribution >= 0.6 is 0 Å². The lowest BCUT2D eigenvalue weighted by molar-refractivity contribution is -0.154. The Hall–Kier alpha value is -1.84. The van der Waals surface area contributed by atoms with Gasteiger partial charge in [-0.15, -0.1) is 0 Å². The maximum atomic E-state index is 11.6. The van der Waals surface area contributed by atoms with E-state index in [0.717, 1.165) is 11.1 Å². The van der Waals surface area contributed by atoms with E-state index >= 15 is 0 Å². The number of rotatable bonds is 4. The number of carbonyl (C=O) groups excluding carboxylic acids is 1. The molecule has 0 spiro atoms. The number of hydrogen-bond donors (Lipinski definition) is 1. The molecule has 4 nitrogen and oxygen atoms in total. The first-order valence-electron chi connectivity index (χ1n) is 6.24. The second-order valence-electron chi connectivity index (χ2n) is 5.53. The number of benzene rings is 1. The smallest absolute Gasteiger partial charge is 0.335 e. The minimum absolute atomic E-state index is 0.241. The Balaban J connectivity index is 2.64. The lowest BCUT2D eigenvalue weighted by atomic mass is 10.0. The van der Waals surface area contributed by atoms with Gasteiger partial charge in [0.15, 0.2) is 0 Å². The molecule has 0 bridgehead atoms. The largest absolute Gasteiger partial charge is 0.478 e. The Labute approximate surface area is 113 Å². The first-order valence-corrected chi connectivity index (χ1v) is 6.24. The van der Waals surface area contributed by atoms with Crippen LogP contribution in [0, 0.1) is 6.92 Å². The number of carboxylic acid groups (broad SMARTS) is 1. The summed E-state index contributed by atoms with van der Waals surface area (Å²) in [5.41, 5.74) is 1.64. The van der Waals surface area contributed by atoms with Gasteiger partial charge in [-0.25, -0.2) is 4.79 Å². The highest BCUT2D eigenvalue weighted by molar-refractivity contribution is 5.87. The molecule has 0 atom stereocenters. The highest BCUT2D eigenvalue weighted by Gasteiger charge is 2.16. The Morgan fingerprint density at radius 1 is 1.26 bits per heavy atom. The molecule has 4 heteroatoms. The van der Waals surface area contributed by atoms with E-state index in [9.17, 15) is 9.59 Å². The van der Waals surface area contributed by atoms with Crippen LogP contribution < -0.4 is 0 Å². The van der Waals surface area contributed by atoms with Gasteiger partial charge in [0.2, 0.25) is 0 Å². The molecule has 1 rings (SSSR count). The summed E-state index contributed by atoms with van der Waals surface area (Å²) in [5, 5.41) is 8.87. The van der Waals surface area contributed by atoms with Crippen LogP contribution in [0.1, 0.15) is 48.7 Å². The lowest BCUT2D eigenvalue weighted by Crippen LogP contribution is -2.24. The van der Waals surface area contributed by atoms with Crippen molar-refractivity contribution in [1.29, 1.82) is 0 Å². The van der Waals surface area contributed by atoms with Crippen molar-refractivity contribution in [3.05, 3.63) is 34.9 Å². The first kappa shape index (κ1) is 15.2. The second kappa shape index (κ2) is 5.87. The van der Waals surface area contributed by atoms with Crippen LogP contribution in [0.2, 0.25) is 0 Å². The maximum absolute atomic E-state index is 11.6. The topological polar surface area (TPSA) is 63.6 Å².